The predicted molar refractivity (Wildman–Crippen MR) is 88.4 cm³/mol. The highest BCUT2D eigenvalue weighted by Gasteiger charge is 2.16. The van der Waals surface area contributed by atoms with E-state index in [1.165, 1.54) is 17.8 Å². The molecule has 0 spiro atoms. The first kappa shape index (κ1) is 15.4. The van der Waals surface area contributed by atoms with Crippen LogP contribution in [0.25, 0.3) is 11.0 Å². The lowest BCUT2D eigenvalue weighted by Gasteiger charge is -2.04. The third-order valence-electron chi connectivity index (χ3n) is 3.20. The maximum atomic E-state index is 12.1. The molecule has 0 unspecified atom stereocenters. The Morgan fingerprint density at radius 1 is 1.39 bits per heavy atom. The van der Waals surface area contributed by atoms with Gasteiger partial charge in [-0.15, -0.1) is 0 Å². The monoisotopic (exact) mass is 350 g/mol. The van der Waals surface area contributed by atoms with Crippen LogP contribution in [0.15, 0.2) is 32.8 Å². The summed E-state index contributed by atoms with van der Waals surface area (Å²) in [6.45, 7) is 1.81. The lowest BCUT2D eigenvalue weighted by Crippen LogP contribution is -2.10. The molecule has 0 aliphatic rings. The number of carboxylic acids is 1. The van der Waals surface area contributed by atoms with Crippen molar-refractivity contribution in [2.45, 2.75) is 16.7 Å². The van der Waals surface area contributed by atoms with Crippen LogP contribution in [0.2, 0.25) is 5.02 Å². The second-order valence-corrected chi connectivity index (χ2v) is 6.29. The molecule has 2 aromatic heterocycles. The van der Waals surface area contributed by atoms with E-state index in [1.807, 2.05) is 6.92 Å². The molecule has 5 N–H and O–H groups in total. The minimum atomic E-state index is -1.09. The van der Waals surface area contributed by atoms with Gasteiger partial charge in [0.25, 0.3) is 5.56 Å². The van der Waals surface area contributed by atoms with E-state index < -0.39 is 5.97 Å². The molecule has 0 saturated carbocycles. The summed E-state index contributed by atoms with van der Waals surface area (Å²) in [5, 5.41) is 9.54. The molecule has 1 aromatic carbocycles. The Labute approximate surface area is 138 Å². The fourth-order valence-corrected chi connectivity index (χ4v) is 3.56. The number of nitrogens with zero attached hydrogens (tertiary/aromatic N) is 1. The number of aromatic nitrogens is 3. The lowest BCUT2D eigenvalue weighted by molar-refractivity contribution is 0.0697. The Morgan fingerprint density at radius 2 is 2.13 bits per heavy atom. The summed E-state index contributed by atoms with van der Waals surface area (Å²) in [5.41, 5.74) is 6.38. The van der Waals surface area contributed by atoms with Gasteiger partial charge in [-0.25, -0.2) is 4.79 Å². The molecule has 2 heterocycles. The molecule has 3 rings (SSSR count). The molecule has 0 saturated heterocycles. The van der Waals surface area contributed by atoms with Gasteiger partial charge >= 0.3 is 5.97 Å². The van der Waals surface area contributed by atoms with Crippen molar-refractivity contribution in [2.75, 3.05) is 5.73 Å². The third kappa shape index (κ3) is 2.78. The summed E-state index contributed by atoms with van der Waals surface area (Å²) in [4.78, 5) is 34.1. The summed E-state index contributed by atoms with van der Waals surface area (Å²) in [7, 11) is 0. The molecule has 23 heavy (non-hydrogen) atoms. The number of rotatable bonds is 3. The second-order valence-electron chi connectivity index (χ2n) is 4.80. The Bertz CT molecular complexity index is 996. The van der Waals surface area contributed by atoms with Crippen molar-refractivity contribution in [3.63, 3.8) is 0 Å². The number of carbonyl (C=O) groups is 1. The van der Waals surface area contributed by atoms with E-state index in [4.69, 9.17) is 22.4 Å². The fraction of sp³-hybridized carbons (Fsp3) is 0.0714. The number of hydrogen-bond donors (Lipinski definition) is 4. The van der Waals surface area contributed by atoms with Crippen LogP contribution in [0.5, 0.6) is 0 Å². The molecule has 9 heteroatoms. The van der Waals surface area contributed by atoms with Crippen LogP contribution in [-0.4, -0.2) is 26.0 Å². The standard InChI is InChI=1S/C14H11ClN4O3S/c1-5-10(9-11(17-5)18-14(16)19-12(9)20)23-6-2-3-7(13(21)22)8(15)4-6/h2-4H,1H3,(H,21,22)(H4,16,17,18,19,20). The quantitative estimate of drug-likeness (QED) is 0.575. The van der Waals surface area contributed by atoms with Gasteiger partial charge in [-0.1, -0.05) is 23.4 Å². The number of aromatic amines is 2. The molecular formula is C14H11ClN4O3S. The van der Waals surface area contributed by atoms with Crippen LogP contribution in [0.1, 0.15) is 16.1 Å². The number of benzene rings is 1. The smallest absolute Gasteiger partial charge is 0.337 e. The van der Waals surface area contributed by atoms with E-state index in [-0.39, 0.29) is 22.1 Å². The number of fused-ring (bicyclic) bond motifs is 1. The molecule has 0 aliphatic carbocycles. The van der Waals surface area contributed by atoms with E-state index in [9.17, 15) is 9.59 Å². The van der Waals surface area contributed by atoms with Crippen LogP contribution in [0.4, 0.5) is 5.95 Å². The van der Waals surface area contributed by atoms with Gasteiger partial charge in [-0.3, -0.25) is 9.78 Å². The van der Waals surface area contributed by atoms with E-state index in [0.717, 1.165) is 5.69 Å². The zero-order valence-electron chi connectivity index (χ0n) is 11.8. The number of nitrogens with two attached hydrogens (primary N) is 1. The molecule has 0 atom stereocenters. The minimum absolute atomic E-state index is 0.0268. The van der Waals surface area contributed by atoms with Crippen LogP contribution in [-0.2, 0) is 0 Å². The number of anilines is 1. The van der Waals surface area contributed by atoms with E-state index in [0.29, 0.717) is 20.8 Å². The van der Waals surface area contributed by atoms with Gasteiger partial charge in [0.15, 0.2) is 0 Å². The summed E-state index contributed by atoms with van der Waals surface area (Å²) in [5.74, 6) is -1.06. The molecule has 3 aromatic rings. The predicted octanol–water partition coefficient (Wildman–Crippen LogP) is 2.64. The number of halogens is 1. The normalized spacial score (nSPS) is 11.0. The van der Waals surface area contributed by atoms with Gasteiger partial charge < -0.3 is 15.8 Å². The van der Waals surface area contributed by atoms with Crippen LogP contribution in [0.3, 0.4) is 0 Å². The highest BCUT2D eigenvalue weighted by molar-refractivity contribution is 7.99. The number of nitrogens with one attached hydrogen (secondary N) is 2. The maximum Gasteiger partial charge on any atom is 0.337 e. The average Bonchev–Trinajstić information content (AvgIpc) is 2.74. The molecule has 0 bridgehead atoms. The minimum Gasteiger partial charge on any atom is -0.478 e. The molecule has 0 radical (unpaired) electrons. The highest BCUT2D eigenvalue weighted by atomic mass is 35.5. The van der Waals surface area contributed by atoms with Gasteiger partial charge in [0, 0.05) is 15.5 Å². The van der Waals surface area contributed by atoms with Gasteiger partial charge in [0.1, 0.15) is 5.65 Å². The topological polar surface area (TPSA) is 125 Å². The van der Waals surface area contributed by atoms with Crippen molar-refractivity contribution in [3.8, 4) is 0 Å². The van der Waals surface area contributed by atoms with Crippen molar-refractivity contribution >= 4 is 46.3 Å². The van der Waals surface area contributed by atoms with E-state index in [1.54, 1.807) is 12.1 Å². The zero-order valence-corrected chi connectivity index (χ0v) is 13.4. The Kier molecular flexibility index (Phi) is 3.78. The largest absolute Gasteiger partial charge is 0.478 e. The number of nitrogen functional groups attached to an aromatic ring is 1. The number of H-pyrrole nitrogens is 2. The highest BCUT2D eigenvalue weighted by Crippen LogP contribution is 2.36. The summed E-state index contributed by atoms with van der Waals surface area (Å²) < 4.78 is 0. The molecule has 7 nitrogen and oxygen atoms in total. The van der Waals surface area contributed by atoms with Gasteiger partial charge in [-0.05, 0) is 25.1 Å². The van der Waals surface area contributed by atoms with E-state index >= 15 is 0 Å². The first-order valence-electron chi connectivity index (χ1n) is 6.45. The van der Waals surface area contributed by atoms with Crippen LogP contribution in [0, 0.1) is 6.92 Å². The number of aryl methyl sites for hydroxylation is 1. The lowest BCUT2D eigenvalue weighted by atomic mass is 10.2. The Balaban J connectivity index is 2.09. The molecule has 118 valence electrons. The summed E-state index contributed by atoms with van der Waals surface area (Å²) in [6, 6.07) is 4.61. The molecule has 0 fully saturated rings. The first-order valence-corrected chi connectivity index (χ1v) is 7.65. The Morgan fingerprint density at radius 3 is 2.78 bits per heavy atom. The SMILES string of the molecule is Cc1[nH]c2nc(N)[nH]c(=O)c2c1Sc1ccc(C(=O)O)c(Cl)c1. The maximum absolute atomic E-state index is 12.1. The molecule has 0 amide bonds. The third-order valence-corrected chi connectivity index (χ3v) is 4.72. The van der Waals surface area contributed by atoms with Crippen molar-refractivity contribution in [3.05, 3.63) is 44.8 Å². The van der Waals surface area contributed by atoms with Crippen molar-refractivity contribution in [1.82, 2.24) is 15.0 Å². The number of aromatic carboxylic acids is 1. The number of carboxylic acid groups (broad SMARTS) is 1. The first-order chi connectivity index (χ1) is 10.9. The second kappa shape index (κ2) is 5.64. The zero-order chi connectivity index (χ0) is 16.7. The number of hydrogen-bond acceptors (Lipinski definition) is 5. The van der Waals surface area contributed by atoms with E-state index in [2.05, 4.69) is 15.0 Å². The molecule has 0 aliphatic heterocycles. The fourth-order valence-electron chi connectivity index (χ4n) is 2.19. The van der Waals surface area contributed by atoms with Gasteiger partial charge in [0.05, 0.1) is 16.0 Å². The Hall–Kier alpha value is -2.45. The van der Waals surface area contributed by atoms with Crippen molar-refractivity contribution < 1.29 is 9.90 Å². The van der Waals surface area contributed by atoms with Crippen LogP contribution >= 0.6 is 23.4 Å². The van der Waals surface area contributed by atoms with Gasteiger partial charge in [-0.2, -0.15) is 4.98 Å². The molecular weight excluding hydrogens is 340 g/mol. The van der Waals surface area contributed by atoms with Crippen LogP contribution < -0.4 is 11.3 Å². The summed E-state index contributed by atoms with van der Waals surface area (Å²) in [6.07, 6.45) is 0. The average molecular weight is 351 g/mol. The van der Waals surface area contributed by atoms with Crippen molar-refractivity contribution in [2.24, 2.45) is 0 Å². The van der Waals surface area contributed by atoms with Crippen molar-refractivity contribution in [1.29, 1.82) is 0 Å². The van der Waals surface area contributed by atoms with Gasteiger partial charge in [0.2, 0.25) is 5.95 Å². The summed E-state index contributed by atoms with van der Waals surface area (Å²) >= 11 is 7.27.